The zero-order chi connectivity index (χ0) is 20.3. The van der Waals surface area contributed by atoms with Crippen molar-refractivity contribution in [2.45, 2.75) is 0 Å². The Kier molecular flexibility index (Phi) is 5.30. The number of hydrogen-bond acceptors (Lipinski definition) is 8. The van der Waals surface area contributed by atoms with E-state index in [9.17, 15) is 10.1 Å². The summed E-state index contributed by atoms with van der Waals surface area (Å²) in [7, 11) is 5.92. The molecule has 10 nitrogen and oxygen atoms in total. The fourth-order valence-corrected chi connectivity index (χ4v) is 2.80. The van der Waals surface area contributed by atoms with Gasteiger partial charge in [0.05, 0.1) is 50.9 Å². The average molecular weight is 386 g/mol. The quantitative estimate of drug-likeness (QED) is 0.450. The van der Waals surface area contributed by atoms with Gasteiger partial charge in [-0.2, -0.15) is 0 Å². The van der Waals surface area contributed by atoms with Gasteiger partial charge >= 0.3 is 5.69 Å². The first-order valence-corrected chi connectivity index (χ1v) is 8.08. The minimum atomic E-state index is -0.516. The maximum Gasteiger partial charge on any atom is 0.313 e. The second kappa shape index (κ2) is 7.82. The molecule has 0 aliphatic rings. The third kappa shape index (κ3) is 3.27. The first-order chi connectivity index (χ1) is 13.5. The van der Waals surface area contributed by atoms with E-state index in [0.29, 0.717) is 34.2 Å². The summed E-state index contributed by atoms with van der Waals surface area (Å²) in [6.07, 6.45) is 1.54. The normalized spacial score (nSPS) is 10.4. The molecule has 0 saturated heterocycles. The molecule has 28 heavy (non-hydrogen) atoms. The largest absolute Gasteiger partial charge is 0.493 e. The lowest BCUT2D eigenvalue weighted by Gasteiger charge is -2.14. The molecular weight excluding hydrogens is 368 g/mol. The molecule has 0 spiro atoms. The lowest BCUT2D eigenvalue weighted by molar-refractivity contribution is -0.385. The molecule has 0 unspecified atom stereocenters. The van der Waals surface area contributed by atoms with Gasteiger partial charge in [-0.3, -0.25) is 10.1 Å². The Bertz CT molecular complexity index is 992. The van der Waals surface area contributed by atoms with Crippen LogP contribution in [-0.2, 0) is 0 Å². The predicted octanol–water partition coefficient (Wildman–Crippen LogP) is 2.88. The zero-order valence-electron chi connectivity index (χ0n) is 15.7. The summed E-state index contributed by atoms with van der Waals surface area (Å²) in [5.74, 6) is 1.53. The van der Waals surface area contributed by atoms with Crippen LogP contribution in [0.3, 0.4) is 0 Å². The molecule has 0 radical (unpaired) electrons. The number of hydrogen-bond donors (Lipinski definition) is 0. The number of nitro benzene ring substituents is 1. The van der Waals surface area contributed by atoms with Crippen molar-refractivity contribution in [2.75, 3.05) is 28.4 Å². The number of ether oxygens (including phenoxy) is 4. The standard InChI is InChI=1S/C18H18N4O6/c1-25-15-6-5-12(9-13(15)22(23)24)21-14(10-19-20-21)11-7-16(26-2)18(28-4)17(8-11)27-3/h5-10H,1-4H3. The minimum Gasteiger partial charge on any atom is -0.493 e. The highest BCUT2D eigenvalue weighted by Gasteiger charge is 2.20. The van der Waals surface area contributed by atoms with Crippen LogP contribution in [0.2, 0.25) is 0 Å². The topological polar surface area (TPSA) is 111 Å². The summed E-state index contributed by atoms with van der Waals surface area (Å²) in [5, 5.41) is 19.3. The third-order valence-electron chi connectivity index (χ3n) is 4.11. The summed E-state index contributed by atoms with van der Waals surface area (Å²) < 4.78 is 22.6. The fraction of sp³-hybridized carbons (Fsp3) is 0.222. The van der Waals surface area contributed by atoms with E-state index in [-0.39, 0.29) is 11.4 Å². The maximum absolute atomic E-state index is 11.3. The van der Waals surface area contributed by atoms with E-state index in [4.69, 9.17) is 18.9 Å². The summed E-state index contributed by atoms with van der Waals surface area (Å²) in [6.45, 7) is 0. The predicted molar refractivity (Wildman–Crippen MR) is 99.7 cm³/mol. The zero-order valence-corrected chi connectivity index (χ0v) is 15.7. The molecule has 0 aliphatic carbocycles. The molecule has 0 N–H and O–H groups in total. The minimum absolute atomic E-state index is 0.156. The van der Waals surface area contributed by atoms with Crippen molar-refractivity contribution in [2.24, 2.45) is 0 Å². The van der Waals surface area contributed by atoms with Crippen molar-refractivity contribution in [3.8, 4) is 39.9 Å². The number of aromatic nitrogens is 3. The van der Waals surface area contributed by atoms with Gasteiger partial charge in [0.25, 0.3) is 0 Å². The van der Waals surface area contributed by atoms with E-state index in [1.54, 1.807) is 18.2 Å². The highest BCUT2D eigenvalue weighted by molar-refractivity contribution is 5.70. The van der Waals surface area contributed by atoms with Crippen LogP contribution in [0.25, 0.3) is 16.9 Å². The first-order valence-electron chi connectivity index (χ1n) is 8.08. The Hall–Kier alpha value is -3.82. The number of nitro groups is 1. The van der Waals surface area contributed by atoms with Gasteiger partial charge in [0, 0.05) is 11.6 Å². The number of methoxy groups -OCH3 is 4. The molecule has 10 heteroatoms. The van der Waals surface area contributed by atoms with Crippen molar-refractivity contribution >= 4 is 5.69 Å². The van der Waals surface area contributed by atoms with E-state index in [1.165, 1.54) is 51.5 Å². The second-order valence-electron chi connectivity index (χ2n) is 5.56. The lowest BCUT2D eigenvalue weighted by atomic mass is 10.1. The molecule has 3 aromatic rings. The van der Waals surface area contributed by atoms with Crippen molar-refractivity contribution in [1.29, 1.82) is 0 Å². The van der Waals surface area contributed by atoms with Gasteiger partial charge in [-0.05, 0) is 24.3 Å². The third-order valence-corrected chi connectivity index (χ3v) is 4.11. The van der Waals surface area contributed by atoms with Crippen LogP contribution in [0.5, 0.6) is 23.0 Å². The Morgan fingerprint density at radius 1 is 0.929 bits per heavy atom. The number of rotatable bonds is 7. The van der Waals surface area contributed by atoms with Gasteiger partial charge in [0.2, 0.25) is 5.75 Å². The molecule has 0 fully saturated rings. The summed E-state index contributed by atoms with van der Waals surface area (Å²) in [4.78, 5) is 10.8. The Morgan fingerprint density at radius 3 is 2.11 bits per heavy atom. The SMILES string of the molecule is COc1ccc(-n2nncc2-c2cc(OC)c(OC)c(OC)c2)cc1[N+](=O)[O-]. The number of nitrogens with zero attached hydrogens (tertiary/aromatic N) is 4. The highest BCUT2D eigenvalue weighted by atomic mass is 16.6. The van der Waals surface area contributed by atoms with Crippen molar-refractivity contribution in [3.63, 3.8) is 0 Å². The van der Waals surface area contributed by atoms with Gasteiger partial charge in [-0.25, -0.2) is 4.68 Å². The van der Waals surface area contributed by atoms with Crippen LogP contribution in [0, 0.1) is 10.1 Å². The number of benzene rings is 2. The molecule has 0 saturated carbocycles. The maximum atomic E-state index is 11.3. The Morgan fingerprint density at radius 2 is 1.57 bits per heavy atom. The van der Waals surface area contributed by atoms with Crippen LogP contribution < -0.4 is 18.9 Å². The van der Waals surface area contributed by atoms with E-state index in [2.05, 4.69) is 10.3 Å². The average Bonchev–Trinajstić information content (AvgIpc) is 3.21. The van der Waals surface area contributed by atoms with E-state index >= 15 is 0 Å². The summed E-state index contributed by atoms with van der Waals surface area (Å²) >= 11 is 0. The smallest absolute Gasteiger partial charge is 0.313 e. The van der Waals surface area contributed by atoms with E-state index < -0.39 is 4.92 Å². The van der Waals surface area contributed by atoms with Gasteiger partial charge in [0.15, 0.2) is 17.2 Å². The van der Waals surface area contributed by atoms with Crippen LogP contribution >= 0.6 is 0 Å². The highest BCUT2D eigenvalue weighted by Crippen LogP contribution is 2.41. The molecule has 146 valence electrons. The molecule has 3 rings (SSSR count). The van der Waals surface area contributed by atoms with E-state index in [0.717, 1.165) is 0 Å². The fourth-order valence-electron chi connectivity index (χ4n) is 2.80. The van der Waals surface area contributed by atoms with Crippen LogP contribution in [0.15, 0.2) is 36.5 Å². The summed E-state index contributed by atoms with van der Waals surface area (Å²) in [6, 6.07) is 8.02. The van der Waals surface area contributed by atoms with Crippen LogP contribution in [0.1, 0.15) is 0 Å². The van der Waals surface area contributed by atoms with Crippen molar-refractivity contribution < 1.29 is 23.9 Å². The van der Waals surface area contributed by atoms with Crippen LogP contribution in [-0.4, -0.2) is 48.4 Å². The van der Waals surface area contributed by atoms with Crippen LogP contribution in [0.4, 0.5) is 5.69 Å². The molecule has 0 bridgehead atoms. The van der Waals surface area contributed by atoms with Gasteiger partial charge in [-0.1, -0.05) is 5.21 Å². The lowest BCUT2D eigenvalue weighted by Crippen LogP contribution is -2.02. The Balaban J connectivity index is 2.16. The molecule has 0 amide bonds. The molecule has 1 aromatic heterocycles. The second-order valence-corrected chi connectivity index (χ2v) is 5.56. The van der Waals surface area contributed by atoms with Crippen molar-refractivity contribution in [1.82, 2.24) is 15.0 Å². The summed E-state index contributed by atoms with van der Waals surface area (Å²) in [5.41, 5.74) is 1.54. The van der Waals surface area contributed by atoms with E-state index in [1.807, 2.05) is 0 Å². The molecule has 2 aromatic carbocycles. The van der Waals surface area contributed by atoms with Gasteiger partial charge in [-0.15, -0.1) is 5.10 Å². The monoisotopic (exact) mass is 386 g/mol. The van der Waals surface area contributed by atoms with Crippen molar-refractivity contribution in [3.05, 3.63) is 46.6 Å². The van der Waals surface area contributed by atoms with Gasteiger partial charge in [0.1, 0.15) is 0 Å². The molecular formula is C18H18N4O6. The first kappa shape index (κ1) is 19.0. The molecule has 0 aliphatic heterocycles. The van der Waals surface area contributed by atoms with Gasteiger partial charge < -0.3 is 18.9 Å². The molecule has 1 heterocycles. The molecule has 0 atom stereocenters. The Labute approximate surface area is 160 Å².